The van der Waals surface area contributed by atoms with Gasteiger partial charge in [-0.15, -0.1) is 0 Å². The van der Waals surface area contributed by atoms with Gasteiger partial charge in [-0.05, 0) is 55.2 Å². The van der Waals surface area contributed by atoms with Gasteiger partial charge in [0, 0.05) is 24.3 Å². The second-order valence-corrected chi connectivity index (χ2v) is 8.87. The van der Waals surface area contributed by atoms with Crippen molar-refractivity contribution < 1.29 is 45.6 Å². The van der Waals surface area contributed by atoms with Gasteiger partial charge < -0.3 is 19.0 Å². The van der Waals surface area contributed by atoms with E-state index in [2.05, 4.69) is 19.8 Å². The molecule has 182 valence electrons. The van der Waals surface area contributed by atoms with Crippen LogP contribution < -0.4 is 4.18 Å². The van der Waals surface area contributed by atoms with Gasteiger partial charge in [-0.2, -0.15) is 21.6 Å². The van der Waals surface area contributed by atoms with Crippen molar-refractivity contribution in [3.05, 3.63) is 53.2 Å². The zero-order chi connectivity index (χ0) is 25.3. The lowest BCUT2D eigenvalue weighted by molar-refractivity contribution is -0.134. The molecule has 0 unspecified atom stereocenters. The molecule has 2 N–H and O–H groups in total. The van der Waals surface area contributed by atoms with Crippen LogP contribution in [0.4, 0.5) is 13.2 Å². The predicted molar refractivity (Wildman–Crippen MR) is 114 cm³/mol. The minimum absolute atomic E-state index is 0.326. The van der Waals surface area contributed by atoms with E-state index in [0.29, 0.717) is 25.1 Å². The summed E-state index contributed by atoms with van der Waals surface area (Å²) in [6, 6.07) is 6.38. The van der Waals surface area contributed by atoms with Crippen LogP contribution >= 0.6 is 0 Å². The van der Waals surface area contributed by atoms with E-state index in [1.807, 2.05) is 6.92 Å². The smallest absolute Gasteiger partial charge is 0.478 e. The number of aliphatic imine (C=N–C) groups is 1. The second kappa shape index (κ2) is 9.33. The van der Waals surface area contributed by atoms with Crippen molar-refractivity contribution >= 4 is 27.8 Å². The number of halogens is 3. The summed E-state index contributed by atoms with van der Waals surface area (Å²) in [4.78, 5) is 23.6. The van der Waals surface area contributed by atoms with Crippen LogP contribution in [0.5, 0.6) is 5.75 Å². The van der Waals surface area contributed by atoms with E-state index in [9.17, 15) is 31.2 Å². The van der Waals surface area contributed by atoms with E-state index < -0.39 is 27.6 Å². The van der Waals surface area contributed by atoms with Crippen LogP contribution in [0.2, 0.25) is 0 Å². The monoisotopic (exact) mass is 500 g/mol. The molecule has 0 saturated carbocycles. The molecule has 2 aromatic rings. The van der Waals surface area contributed by atoms with Crippen LogP contribution in [-0.4, -0.2) is 52.9 Å². The summed E-state index contributed by atoms with van der Waals surface area (Å²) in [6.45, 7) is 3.37. The zero-order valence-corrected chi connectivity index (χ0v) is 18.5. The highest BCUT2D eigenvalue weighted by Crippen LogP contribution is 2.39. The molecule has 0 atom stereocenters. The van der Waals surface area contributed by atoms with Crippen LogP contribution in [0.25, 0.3) is 11.3 Å². The van der Waals surface area contributed by atoms with Crippen molar-refractivity contribution in [3.63, 3.8) is 0 Å². The quantitative estimate of drug-likeness (QED) is 0.374. The molecule has 0 amide bonds. The Kier molecular flexibility index (Phi) is 6.87. The number of fused-ring (bicyclic) bond motifs is 5. The minimum Gasteiger partial charge on any atom is -0.478 e. The molecule has 34 heavy (non-hydrogen) atoms. The average Bonchev–Trinajstić information content (AvgIpc) is 3.12. The number of rotatable bonds is 4. The summed E-state index contributed by atoms with van der Waals surface area (Å²) in [6.07, 6.45) is 2.45. The molecule has 0 fully saturated rings. The normalized spacial score (nSPS) is 14.8. The lowest BCUT2D eigenvalue weighted by atomic mass is 9.90. The van der Waals surface area contributed by atoms with Gasteiger partial charge in [0.25, 0.3) is 0 Å². The molecule has 1 aromatic heterocycles. The van der Waals surface area contributed by atoms with E-state index in [0.717, 1.165) is 41.2 Å². The van der Waals surface area contributed by atoms with Crippen LogP contribution in [0.3, 0.4) is 0 Å². The van der Waals surface area contributed by atoms with Crippen molar-refractivity contribution in [2.45, 2.75) is 31.8 Å². The maximum absolute atomic E-state index is 12.5. The Hall–Kier alpha value is -3.61. The fraction of sp³-hybridized carbons (Fsp3) is 0.286. The van der Waals surface area contributed by atoms with Gasteiger partial charge in [0.05, 0.1) is 23.6 Å². The molecule has 1 aliphatic carbocycles. The predicted octanol–water partition coefficient (Wildman–Crippen LogP) is 3.02. The first kappa shape index (κ1) is 25.0. The van der Waals surface area contributed by atoms with Gasteiger partial charge in [-0.1, -0.05) is 0 Å². The van der Waals surface area contributed by atoms with Gasteiger partial charge in [-0.3, -0.25) is 4.99 Å². The molecule has 4 rings (SSSR count). The highest BCUT2D eigenvalue weighted by molar-refractivity contribution is 7.88. The molecular formula is C21H19F3N2O7S. The maximum atomic E-state index is 12.5. The number of aromatic nitrogens is 1. The second-order valence-electron chi connectivity index (χ2n) is 7.33. The number of aryl methyl sites for hydroxylation is 2. The van der Waals surface area contributed by atoms with Crippen LogP contribution in [0.15, 0.2) is 41.4 Å². The Bertz CT molecular complexity index is 1290. The number of carboxylic acids is 2. The summed E-state index contributed by atoms with van der Waals surface area (Å²) >= 11 is 0. The molecule has 1 aromatic carbocycles. The number of aliphatic carboxylic acids is 2. The highest BCUT2D eigenvalue weighted by atomic mass is 32.2. The van der Waals surface area contributed by atoms with Crippen LogP contribution in [0, 0.1) is 0 Å². The van der Waals surface area contributed by atoms with E-state index in [1.165, 1.54) is 17.7 Å². The van der Waals surface area contributed by atoms with Crippen molar-refractivity contribution in [3.8, 4) is 17.0 Å². The van der Waals surface area contributed by atoms with E-state index in [4.69, 9.17) is 10.2 Å². The zero-order valence-electron chi connectivity index (χ0n) is 17.7. The SMILES string of the molecule is CC1=NCCn2c1cc1c2-c2ccc(OS(=O)(=O)C(F)(F)F)cc2CC1.O=C(O)C=CC(=O)O. The first-order valence-corrected chi connectivity index (χ1v) is 11.2. The van der Waals surface area contributed by atoms with Crippen molar-refractivity contribution in [2.75, 3.05) is 6.54 Å². The molecular weight excluding hydrogens is 481 g/mol. The number of carbonyl (C=O) groups is 2. The first-order chi connectivity index (χ1) is 15.8. The van der Waals surface area contributed by atoms with Crippen molar-refractivity contribution in [2.24, 2.45) is 4.99 Å². The van der Waals surface area contributed by atoms with Gasteiger partial charge in [0.15, 0.2) is 0 Å². The number of hydrogen-bond acceptors (Lipinski definition) is 6. The summed E-state index contributed by atoms with van der Waals surface area (Å²) in [5.74, 6) is -2.84. The van der Waals surface area contributed by atoms with Gasteiger partial charge >= 0.3 is 27.6 Å². The van der Waals surface area contributed by atoms with Gasteiger partial charge in [0.1, 0.15) is 5.75 Å². The van der Waals surface area contributed by atoms with E-state index in [1.54, 1.807) is 6.07 Å². The highest BCUT2D eigenvalue weighted by Gasteiger charge is 2.48. The molecule has 2 aliphatic rings. The standard InChI is InChI=1S/C17H15F3N2O3S.C4H4O4/c1-10-15-9-12-3-2-11-8-13(25-26(23,24)17(18,19)20)4-5-14(11)16(12)22(15)7-6-21-10;5-3(6)1-2-4(7)8/h4-5,8-9H,2-3,6-7H2,1H3;1-2H,(H,5,6)(H,7,8). The summed E-state index contributed by atoms with van der Waals surface area (Å²) in [5.41, 5.74) is 0.421. The lowest BCUT2D eigenvalue weighted by Crippen LogP contribution is -2.28. The average molecular weight is 500 g/mol. The molecule has 0 radical (unpaired) electrons. The molecule has 1 aliphatic heterocycles. The number of benzene rings is 1. The summed E-state index contributed by atoms with van der Waals surface area (Å²) < 4.78 is 66.4. The molecule has 9 nitrogen and oxygen atoms in total. The molecule has 0 bridgehead atoms. The molecule has 0 spiro atoms. The van der Waals surface area contributed by atoms with Crippen molar-refractivity contribution in [1.82, 2.24) is 4.57 Å². The Morgan fingerprint density at radius 1 is 1.09 bits per heavy atom. The third-order valence-electron chi connectivity index (χ3n) is 5.07. The molecule has 0 saturated heterocycles. The van der Waals surface area contributed by atoms with E-state index in [-0.39, 0.29) is 5.75 Å². The third-order valence-corrected chi connectivity index (χ3v) is 6.05. The first-order valence-electron chi connectivity index (χ1n) is 9.82. The number of alkyl halides is 3. The number of nitrogens with zero attached hydrogens (tertiary/aromatic N) is 2. The van der Waals surface area contributed by atoms with Gasteiger partial charge in [-0.25, -0.2) is 9.59 Å². The molecule has 13 heteroatoms. The Labute approximate surface area is 191 Å². The summed E-state index contributed by atoms with van der Waals surface area (Å²) in [5, 5.41) is 15.6. The van der Waals surface area contributed by atoms with Crippen molar-refractivity contribution in [1.29, 1.82) is 0 Å². The largest absolute Gasteiger partial charge is 0.534 e. The number of carboxylic acid groups (broad SMARTS) is 2. The lowest BCUT2D eigenvalue weighted by Gasteiger charge is -2.22. The topological polar surface area (TPSA) is 135 Å². The Morgan fingerprint density at radius 3 is 2.29 bits per heavy atom. The van der Waals surface area contributed by atoms with Crippen LogP contribution in [0.1, 0.15) is 23.7 Å². The summed E-state index contributed by atoms with van der Waals surface area (Å²) in [7, 11) is -5.67. The van der Waals surface area contributed by atoms with Gasteiger partial charge in [0.2, 0.25) is 0 Å². The number of hydrogen-bond donors (Lipinski definition) is 2. The van der Waals surface area contributed by atoms with E-state index >= 15 is 0 Å². The molecule has 2 heterocycles. The fourth-order valence-electron chi connectivity index (χ4n) is 3.69. The van der Waals surface area contributed by atoms with Crippen LogP contribution in [-0.2, 0) is 39.1 Å². The minimum atomic E-state index is -5.67. The Morgan fingerprint density at radius 2 is 1.71 bits per heavy atom. The maximum Gasteiger partial charge on any atom is 0.534 e. The third kappa shape index (κ3) is 5.30. The fourth-order valence-corrected chi connectivity index (χ4v) is 4.14. The Balaban J connectivity index is 0.000000350.